The molecule has 2 amide bonds. The molecule has 0 saturated carbocycles. The number of rotatable bonds is 5. The minimum Gasteiger partial charge on any atom is -0.472 e. The molecule has 0 aliphatic carbocycles. The van der Waals surface area contributed by atoms with Gasteiger partial charge in [0.2, 0.25) is 5.91 Å². The van der Waals surface area contributed by atoms with Crippen LogP contribution in [0, 0.1) is 13.8 Å². The van der Waals surface area contributed by atoms with E-state index in [0.717, 1.165) is 16.8 Å². The van der Waals surface area contributed by atoms with Gasteiger partial charge in [0.1, 0.15) is 6.26 Å². The van der Waals surface area contributed by atoms with Crippen molar-refractivity contribution in [3.63, 3.8) is 0 Å². The van der Waals surface area contributed by atoms with Crippen molar-refractivity contribution in [2.75, 3.05) is 11.9 Å². The van der Waals surface area contributed by atoms with Crippen LogP contribution in [-0.2, 0) is 4.79 Å². The molecule has 0 aliphatic rings. The molecule has 0 spiro atoms. The molecule has 5 heteroatoms. The van der Waals surface area contributed by atoms with Gasteiger partial charge in [0.15, 0.2) is 0 Å². The number of nitrogens with one attached hydrogen (secondary N) is 2. The van der Waals surface area contributed by atoms with Crippen molar-refractivity contribution in [2.24, 2.45) is 0 Å². The Morgan fingerprint density at radius 3 is 2.71 bits per heavy atom. The smallest absolute Gasteiger partial charge is 0.254 e. The third-order valence-electron chi connectivity index (χ3n) is 3.30. The maximum atomic E-state index is 11.9. The molecule has 110 valence electrons. The summed E-state index contributed by atoms with van der Waals surface area (Å²) in [7, 11) is 0. The lowest BCUT2D eigenvalue weighted by Crippen LogP contribution is -2.27. The molecule has 2 aromatic rings. The third kappa shape index (κ3) is 3.95. The van der Waals surface area contributed by atoms with Gasteiger partial charge in [-0.05, 0) is 37.1 Å². The van der Waals surface area contributed by atoms with Crippen LogP contribution >= 0.6 is 0 Å². The number of hydrogen-bond acceptors (Lipinski definition) is 3. The number of carbonyl (C=O) groups is 2. The second kappa shape index (κ2) is 6.74. The van der Waals surface area contributed by atoms with Crippen LogP contribution in [0.25, 0.3) is 0 Å². The zero-order chi connectivity index (χ0) is 15.2. The van der Waals surface area contributed by atoms with Gasteiger partial charge >= 0.3 is 0 Å². The first kappa shape index (κ1) is 14.8. The molecule has 0 bridgehead atoms. The average Bonchev–Trinajstić information content (AvgIpc) is 2.98. The number of anilines is 1. The normalized spacial score (nSPS) is 10.2. The first-order valence-electron chi connectivity index (χ1n) is 6.74. The molecule has 2 rings (SSSR count). The van der Waals surface area contributed by atoms with Gasteiger partial charge in [0, 0.05) is 18.7 Å². The van der Waals surface area contributed by atoms with Crippen LogP contribution in [0.3, 0.4) is 0 Å². The summed E-state index contributed by atoms with van der Waals surface area (Å²) in [6, 6.07) is 7.34. The fraction of sp³-hybridized carbons (Fsp3) is 0.250. The molecule has 0 unspecified atom stereocenters. The van der Waals surface area contributed by atoms with Gasteiger partial charge in [0.05, 0.1) is 11.8 Å². The van der Waals surface area contributed by atoms with Crippen LogP contribution in [0.1, 0.15) is 27.9 Å². The Labute approximate surface area is 123 Å². The minimum absolute atomic E-state index is 0.129. The highest BCUT2D eigenvalue weighted by Crippen LogP contribution is 2.17. The van der Waals surface area contributed by atoms with Crippen molar-refractivity contribution in [1.82, 2.24) is 5.32 Å². The van der Waals surface area contributed by atoms with Crippen molar-refractivity contribution in [1.29, 1.82) is 0 Å². The third-order valence-corrected chi connectivity index (χ3v) is 3.30. The molecular formula is C16H18N2O3. The number of amides is 2. The van der Waals surface area contributed by atoms with Crippen LogP contribution in [0.5, 0.6) is 0 Å². The summed E-state index contributed by atoms with van der Waals surface area (Å²) in [4.78, 5) is 23.5. The molecule has 0 aliphatic heterocycles. The van der Waals surface area contributed by atoms with Crippen molar-refractivity contribution < 1.29 is 14.0 Å². The van der Waals surface area contributed by atoms with Crippen molar-refractivity contribution in [2.45, 2.75) is 20.3 Å². The second-order valence-electron chi connectivity index (χ2n) is 4.81. The fourth-order valence-corrected chi connectivity index (χ4v) is 1.88. The van der Waals surface area contributed by atoms with Crippen molar-refractivity contribution in [3.8, 4) is 0 Å². The first-order valence-corrected chi connectivity index (χ1v) is 6.74. The molecule has 5 nitrogen and oxygen atoms in total. The Kier molecular flexibility index (Phi) is 4.77. The minimum atomic E-state index is -0.247. The standard InChI is InChI=1S/C16H18N2O3/c1-11-4-3-5-14(12(11)2)18-15(19)6-8-17-16(20)13-7-9-21-10-13/h3-5,7,9-10H,6,8H2,1-2H3,(H,17,20)(H,18,19). The van der Waals surface area contributed by atoms with Gasteiger partial charge in [-0.1, -0.05) is 12.1 Å². The number of benzene rings is 1. The summed E-state index contributed by atoms with van der Waals surface area (Å²) in [6.07, 6.45) is 3.02. The van der Waals surface area contributed by atoms with E-state index in [1.165, 1.54) is 12.5 Å². The Bertz CT molecular complexity index is 633. The van der Waals surface area contributed by atoms with Gasteiger partial charge < -0.3 is 15.1 Å². The van der Waals surface area contributed by atoms with E-state index in [2.05, 4.69) is 10.6 Å². The largest absolute Gasteiger partial charge is 0.472 e. The van der Waals surface area contributed by atoms with Gasteiger partial charge in [0.25, 0.3) is 5.91 Å². The second-order valence-corrected chi connectivity index (χ2v) is 4.81. The van der Waals surface area contributed by atoms with Crippen LogP contribution < -0.4 is 10.6 Å². The zero-order valence-corrected chi connectivity index (χ0v) is 12.1. The zero-order valence-electron chi connectivity index (χ0n) is 12.1. The summed E-state index contributed by atoms with van der Waals surface area (Å²) in [5.74, 6) is -0.375. The van der Waals surface area contributed by atoms with E-state index in [-0.39, 0.29) is 24.8 Å². The molecule has 0 radical (unpaired) electrons. The van der Waals surface area contributed by atoms with Crippen molar-refractivity contribution in [3.05, 3.63) is 53.5 Å². The van der Waals surface area contributed by atoms with Gasteiger partial charge in [-0.15, -0.1) is 0 Å². The molecule has 1 heterocycles. The molecular weight excluding hydrogens is 268 g/mol. The number of aryl methyl sites for hydroxylation is 1. The maximum Gasteiger partial charge on any atom is 0.254 e. The number of carbonyl (C=O) groups excluding carboxylic acids is 2. The molecule has 1 aromatic carbocycles. The fourth-order valence-electron chi connectivity index (χ4n) is 1.88. The molecule has 21 heavy (non-hydrogen) atoms. The predicted octanol–water partition coefficient (Wildman–Crippen LogP) is 2.66. The van der Waals surface area contributed by atoms with E-state index >= 15 is 0 Å². The lowest BCUT2D eigenvalue weighted by Gasteiger charge is -2.10. The van der Waals surface area contributed by atoms with E-state index in [0.29, 0.717) is 5.56 Å². The lowest BCUT2D eigenvalue weighted by atomic mass is 10.1. The maximum absolute atomic E-state index is 11.9. The van der Waals surface area contributed by atoms with E-state index in [9.17, 15) is 9.59 Å². The van der Waals surface area contributed by atoms with E-state index < -0.39 is 0 Å². The Morgan fingerprint density at radius 2 is 2.00 bits per heavy atom. The first-order chi connectivity index (χ1) is 10.1. The van der Waals surface area contributed by atoms with Crippen LogP contribution in [0.15, 0.2) is 41.2 Å². The summed E-state index contributed by atoms with van der Waals surface area (Å²) in [6.45, 7) is 4.24. The molecule has 0 atom stereocenters. The van der Waals surface area contributed by atoms with Crippen LogP contribution in [0.2, 0.25) is 0 Å². The Hall–Kier alpha value is -2.56. The highest BCUT2D eigenvalue weighted by atomic mass is 16.3. The highest BCUT2D eigenvalue weighted by Gasteiger charge is 2.09. The SMILES string of the molecule is Cc1cccc(NC(=O)CCNC(=O)c2ccoc2)c1C. The Morgan fingerprint density at radius 1 is 1.19 bits per heavy atom. The van der Waals surface area contributed by atoms with Gasteiger partial charge in [-0.25, -0.2) is 0 Å². The molecule has 1 aromatic heterocycles. The monoisotopic (exact) mass is 286 g/mol. The summed E-state index contributed by atoms with van der Waals surface area (Å²) >= 11 is 0. The number of hydrogen-bond donors (Lipinski definition) is 2. The summed E-state index contributed by atoms with van der Waals surface area (Å²) in [5.41, 5.74) is 3.43. The van der Waals surface area contributed by atoms with E-state index in [4.69, 9.17) is 4.42 Å². The van der Waals surface area contributed by atoms with Crippen molar-refractivity contribution >= 4 is 17.5 Å². The van der Waals surface area contributed by atoms with Crippen LogP contribution in [0.4, 0.5) is 5.69 Å². The van der Waals surface area contributed by atoms with Crippen LogP contribution in [-0.4, -0.2) is 18.4 Å². The summed E-state index contributed by atoms with van der Waals surface area (Å²) < 4.78 is 4.83. The van der Waals surface area contributed by atoms with Gasteiger partial charge in [-0.3, -0.25) is 9.59 Å². The molecule has 2 N–H and O–H groups in total. The van der Waals surface area contributed by atoms with E-state index in [1.54, 1.807) is 6.07 Å². The lowest BCUT2D eigenvalue weighted by molar-refractivity contribution is -0.116. The Balaban J connectivity index is 1.80. The topological polar surface area (TPSA) is 71.3 Å². The van der Waals surface area contributed by atoms with E-state index in [1.807, 2.05) is 32.0 Å². The highest BCUT2D eigenvalue weighted by molar-refractivity contribution is 5.95. The van der Waals surface area contributed by atoms with Gasteiger partial charge in [-0.2, -0.15) is 0 Å². The quantitative estimate of drug-likeness (QED) is 0.887. The summed E-state index contributed by atoms with van der Waals surface area (Å²) in [5, 5.41) is 5.52. The predicted molar refractivity (Wildman–Crippen MR) is 80.2 cm³/mol. The number of furan rings is 1. The molecule has 0 fully saturated rings. The average molecular weight is 286 g/mol. The molecule has 0 saturated heterocycles.